The Balaban J connectivity index is 1.60. The third-order valence-electron chi connectivity index (χ3n) is 4.98. The topological polar surface area (TPSA) is 63.3 Å². The van der Waals surface area contributed by atoms with E-state index in [1.807, 2.05) is 30.1 Å². The van der Waals surface area contributed by atoms with Gasteiger partial charge in [0.15, 0.2) is 0 Å². The fourth-order valence-corrected chi connectivity index (χ4v) is 3.82. The number of rotatable bonds is 8. The summed E-state index contributed by atoms with van der Waals surface area (Å²) in [5.41, 5.74) is 1.61. The molecular weight excluding hydrogens is 406 g/mol. The summed E-state index contributed by atoms with van der Waals surface area (Å²) in [6, 6.07) is 11.3. The molecule has 3 rings (SSSR count). The number of anilines is 2. The first-order valence-electron chi connectivity index (χ1n) is 9.85. The smallest absolute Gasteiger partial charge is 0.238 e. The number of benzene rings is 2. The monoisotopic (exact) mass is 433 g/mol. The van der Waals surface area contributed by atoms with E-state index in [4.69, 9.17) is 25.8 Å². The van der Waals surface area contributed by atoms with Crippen molar-refractivity contribution in [2.45, 2.75) is 13.0 Å². The molecule has 0 aliphatic carbocycles. The predicted octanol–water partition coefficient (Wildman–Crippen LogP) is 3.52. The SMILES string of the molecule is CCN1CC(CN(C)CC(=O)Nc2cc(Cl)c(OC)cc2OC)Oc2ccccc21. The number of nitrogens with one attached hydrogen (secondary N) is 1. The lowest BCUT2D eigenvalue weighted by atomic mass is 10.2. The largest absolute Gasteiger partial charge is 0.495 e. The maximum atomic E-state index is 12.6. The molecule has 0 saturated carbocycles. The molecule has 162 valence electrons. The van der Waals surface area contributed by atoms with Gasteiger partial charge in [0, 0.05) is 19.2 Å². The molecule has 1 atom stereocenters. The molecule has 2 aromatic carbocycles. The fraction of sp³-hybridized carbons (Fsp3) is 0.409. The zero-order valence-corrected chi connectivity index (χ0v) is 18.5. The van der Waals surface area contributed by atoms with Crippen LogP contribution in [0.25, 0.3) is 0 Å². The van der Waals surface area contributed by atoms with E-state index < -0.39 is 0 Å². The number of fused-ring (bicyclic) bond motifs is 1. The zero-order valence-electron chi connectivity index (χ0n) is 17.8. The number of nitrogens with zero attached hydrogens (tertiary/aromatic N) is 2. The number of methoxy groups -OCH3 is 2. The molecule has 8 heteroatoms. The molecule has 1 aliphatic heterocycles. The van der Waals surface area contributed by atoms with E-state index in [1.165, 1.54) is 14.2 Å². The number of hydrogen-bond acceptors (Lipinski definition) is 6. The lowest BCUT2D eigenvalue weighted by molar-refractivity contribution is -0.117. The van der Waals surface area contributed by atoms with Crippen LogP contribution in [0.3, 0.4) is 0 Å². The van der Waals surface area contributed by atoms with Gasteiger partial charge in [-0.05, 0) is 32.2 Å². The second-order valence-electron chi connectivity index (χ2n) is 7.18. The van der Waals surface area contributed by atoms with Crippen LogP contribution in [-0.2, 0) is 4.79 Å². The number of ether oxygens (including phenoxy) is 3. The highest BCUT2D eigenvalue weighted by Gasteiger charge is 2.26. The van der Waals surface area contributed by atoms with Crippen LogP contribution in [0.4, 0.5) is 11.4 Å². The van der Waals surface area contributed by atoms with Crippen LogP contribution in [0, 0.1) is 0 Å². The van der Waals surface area contributed by atoms with Gasteiger partial charge in [0.2, 0.25) is 5.91 Å². The Morgan fingerprint density at radius 1 is 1.27 bits per heavy atom. The molecule has 0 spiro atoms. The number of hydrogen-bond donors (Lipinski definition) is 1. The zero-order chi connectivity index (χ0) is 21.7. The van der Waals surface area contributed by atoms with Crippen molar-refractivity contribution in [2.24, 2.45) is 0 Å². The van der Waals surface area contributed by atoms with Gasteiger partial charge in [0.05, 0.1) is 43.7 Å². The summed E-state index contributed by atoms with van der Waals surface area (Å²) >= 11 is 6.18. The number of carbonyl (C=O) groups is 1. The molecule has 1 aliphatic rings. The number of halogens is 1. The highest BCUT2D eigenvalue weighted by atomic mass is 35.5. The first-order valence-corrected chi connectivity index (χ1v) is 10.2. The van der Waals surface area contributed by atoms with Gasteiger partial charge in [-0.3, -0.25) is 9.69 Å². The van der Waals surface area contributed by atoms with Crippen molar-refractivity contribution >= 4 is 28.9 Å². The molecule has 1 unspecified atom stereocenters. The molecule has 1 N–H and O–H groups in total. The first kappa shape index (κ1) is 22.1. The minimum Gasteiger partial charge on any atom is -0.495 e. The highest BCUT2D eigenvalue weighted by molar-refractivity contribution is 6.32. The van der Waals surface area contributed by atoms with Crippen molar-refractivity contribution in [2.75, 3.05) is 57.7 Å². The molecule has 30 heavy (non-hydrogen) atoms. The van der Waals surface area contributed by atoms with Gasteiger partial charge in [0.1, 0.15) is 23.4 Å². The van der Waals surface area contributed by atoms with Gasteiger partial charge in [0.25, 0.3) is 0 Å². The normalized spacial score (nSPS) is 15.4. The minimum absolute atomic E-state index is 0.0254. The first-order chi connectivity index (χ1) is 14.4. The Bertz CT molecular complexity index is 893. The molecular formula is C22H28ClN3O4. The van der Waals surface area contributed by atoms with E-state index in [0.29, 0.717) is 28.8 Å². The summed E-state index contributed by atoms with van der Waals surface area (Å²) < 4.78 is 16.7. The van der Waals surface area contributed by atoms with Gasteiger partial charge >= 0.3 is 0 Å². The molecule has 1 heterocycles. The van der Waals surface area contributed by atoms with Crippen molar-refractivity contribution in [3.05, 3.63) is 41.4 Å². The van der Waals surface area contributed by atoms with Crippen LogP contribution in [0.1, 0.15) is 6.92 Å². The molecule has 0 aromatic heterocycles. The van der Waals surface area contributed by atoms with E-state index in [2.05, 4.69) is 23.2 Å². The standard InChI is InChI=1S/C22H28ClN3O4/c1-5-26-13-15(30-19-9-7-6-8-18(19)26)12-25(2)14-22(27)24-17-10-16(23)20(28-3)11-21(17)29-4/h6-11,15H,5,12-14H2,1-4H3,(H,24,27). The minimum atomic E-state index is -0.166. The molecule has 0 fully saturated rings. The summed E-state index contributed by atoms with van der Waals surface area (Å²) in [6.07, 6.45) is -0.0254. The Kier molecular flexibility index (Phi) is 7.29. The maximum Gasteiger partial charge on any atom is 0.238 e. The van der Waals surface area contributed by atoms with Gasteiger partial charge in [-0.25, -0.2) is 0 Å². The van der Waals surface area contributed by atoms with Crippen LogP contribution in [0.2, 0.25) is 5.02 Å². The Labute approximate surface area is 182 Å². The highest BCUT2D eigenvalue weighted by Crippen LogP contribution is 2.36. The lowest BCUT2D eigenvalue weighted by Crippen LogP contribution is -2.46. The van der Waals surface area contributed by atoms with Gasteiger partial charge < -0.3 is 24.4 Å². The second kappa shape index (κ2) is 9.91. The summed E-state index contributed by atoms with van der Waals surface area (Å²) in [5, 5.41) is 3.26. The van der Waals surface area contributed by atoms with Crippen molar-refractivity contribution in [1.82, 2.24) is 4.90 Å². The summed E-state index contributed by atoms with van der Waals surface area (Å²) in [6.45, 7) is 4.64. The van der Waals surface area contributed by atoms with Gasteiger partial charge in [-0.1, -0.05) is 23.7 Å². The van der Waals surface area contributed by atoms with Crippen LogP contribution >= 0.6 is 11.6 Å². The maximum absolute atomic E-state index is 12.6. The van der Waals surface area contributed by atoms with Crippen molar-refractivity contribution in [1.29, 1.82) is 0 Å². The Morgan fingerprint density at radius 3 is 2.70 bits per heavy atom. The number of carbonyl (C=O) groups excluding carboxylic acids is 1. The quantitative estimate of drug-likeness (QED) is 0.687. The number of amides is 1. The molecule has 0 bridgehead atoms. The molecule has 2 aromatic rings. The third kappa shape index (κ3) is 5.09. The fourth-order valence-electron chi connectivity index (χ4n) is 3.58. The lowest BCUT2D eigenvalue weighted by Gasteiger charge is -2.37. The predicted molar refractivity (Wildman–Crippen MR) is 119 cm³/mol. The van der Waals surface area contributed by atoms with E-state index >= 15 is 0 Å². The van der Waals surface area contributed by atoms with Crippen LogP contribution in [0.15, 0.2) is 36.4 Å². The summed E-state index contributed by atoms with van der Waals surface area (Å²) in [4.78, 5) is 16.8. The summed E-state index contributed by atoms with van der Waals surface area (Å²) in [5.74, 6) is 1.68. The molecule has 0 radical (unpaired) electrons. The van der Waals surface area contributed by atoms with Crippen LogP contribution in [-0.4, -0.2) is 64.4 Å². The Hall–Kier alpha value is -2.64. The van der Waals surface area contributed by atoms with E-state index in [9.17, 15) is 4.79 Å². The third-order valence-corrected chi connectivity index (χ3v) is 5.28. The van der Waals surface area contributed by atoms with Crippen molar-refractivity contribution < 1.29 is 19.0 Å². The molecule has 1 amide bonds. The number of likely N-dealkylation sites (N-methyl/N-ethyl adjacent to an activating group) is 2. The second-order valence-corrected chi connectivity index (χ2v) is 7.59. The van der Waals surface area contributed by atoms with Crippen molar-refractivity contribution in [3.63, 3.8) is 0 Å². The number of para-hydroxylation sites is 2. The Morgan fingerprint density at radius 2 is 2.00 bits per heavy atom. The average molecular weight is 434 g/mol. The summed E-state index contributed by atoms with van der Waals surface area (Å²) in [7, 11) is 4.96. The molecule has 7 nitrogen and oxygen atoms in total. The van der Waals surface area contributed by atoms with Crippen molar-refractivity contribution in [3.8, 4) is 17.2 Å². The average Bonchev–Trinajstić information content (AvgIpc) is 2.73. The van der Waals surface area contributed by atoms with Gasteiger partial charge in [-0.15, -0.1) is 0 Å². The van der Waals surface area contributed by atoms with Gasteiger partial charge in [-0.2, -0.15) is 0 Å². The van der Waals surface area contributed by atoms with E-state index in [-0.39, 0.29) is 18.6 Å². The van der Waals surface area contributed by atoms with Crippen LogP contribution in [0.5, 0.6) is 17.2 Å². The van der Waals surface area contributed by atoms with E-state index in [0.717, 1.165) is 24.5 Å². The van der Waals surface area contributed by atoms with Crippen LogP contribution < -0.4 is 24.4 Å². The van der Waals surface area contributed by atoms with E-state index in [1.54, 1.807) is 12.1 Å². The molecule has 0 saturated heterocycles.